The van der Waals surface area contributed by atoms with E-state index in [1.54, 1.807) is 25.5 Å². The van der Waals surface area contributed by atoms with Crippen molar-refractivity contribution in [3.8, 4) is 5.75 Å². The normalized spacial score (nSPS) is 10.4. The first-order valence-corrected chi connectivity index (χ1v) is 5.78. The average molecular weight is 235 g/mol. The number of ether oxygens (including phenoxy) is 1. The third-order valence-electron chi connectivity index (χ3n) is 2.53. The zero-order valence-electron chi connectivity index (χ0n) is 9.46. The lowest BCUT2D eigenvalue weighted by Crippen LogP contribution is -2.18. The number of aryl methyl sites for hydroxylation is 1. The minimum atomic E-state index is -0.0334. The average Bonchev–Trinajstić information content (AvgIpc) is 2.62. The van der Waals surface area contributed by atoms with Gasteiger partial charge < -0.3 is 10.1 Å². The van der Waals surface area contributed by atoms with Crippen LogP contribution in [0.3, 0.4) is 0 Å². The number of carbonyl (C=O) groups excluding carboxylic acids is 1. The second-order valence-corrected chi connectivity index (χ2v) is 4.73. The molecule has 0 saturated heterocycles. The number of hydrogen-bond acceptors (Lipinski definition) is 3. The number of carbonyl (C=O) groups is 1. The molecule has 0 aliphatic rings. The smallest absolute Gasteiger partial charge is 0.252 e. The summed E-state index contributed by atoms with van der Waals surface area (Å²) in [5.74, 6) is 0.783. The van der Waals surface area contributed by atoms with Crippen molar-refractivity contribution >= 4 is 27.3 Å². The quantitative estimate of drug-likeness (QED) is 0.868. The van der Waals surface area contributed by atoms with Crippen molar-refractivity contribution < 1.29 is 9.53 Å². The molecule has 3 nitrogen and oxygen atoms in total. The van der Waals surface area contributed by atoms with E-state index < -0.39 is 0 Å². The highest BCUT2D eigenvalue weighted by Gasteiger charge is 2.15. The lowest BCUT2D eigenvalue weighted by Gasteiger charge is -2.01. The molecule has 0 saturated carbocycles. The summed E-state index contributed by atoms with van der Waals surface area (Å²) in [4.78, 5) is 12.8. The van der Waals surface area contributed by atoms with Gasteiger partial charge in [0.15, 0.2) is 0 Å². The van der Waals surface area contributed by atoms with Crippen LogP contribution < -0.4 is 10.1 Å². The summed E-state index contributed by atoms with van der Waals surface area (Å²) in [6.07, 6.45) is 0. The molecule has 0 aliphatic heterocycles. The van der Waals surface area contributed by atoms with Crippen LogP contribution in [-0.4, -0.2) is 20.1 Å². The summed E-state index contributed by atoms with van der Waals surface area (Å²) in [5.41, 5.74) is 0.769. The van der Waals surface area contributed by atoms with Crippen LogP contribution in [0.4, 0.5) is 0 Å². The summed E-state index contributed by atoms with van der Waals surface area (Å²) < 4.78 is 6.24. The number of amides is 1. The van der Waals surface area contributed by atoms with E-state index in [1.807, 2.05) is 25.1 Å². The van der Waals surface area contributed by atoms with Crippen molar-refractivity contribution in [3.63, 3.8) is 0 Å². The van der Waals surface area contributed by atoms with Gasteiger partial charge in [-0.05, 0) is 25.1 Å². The van der Waals surface area contributed by atoms with Crippen molar-refractivity contribution in [2.24, 2.45) is 0 Å². The summed E-state index contributed by atoms with van der Waals surface area (Å²) in [7, 11) is 3.29. The van der Waals surface area contributed by atoms with E-state index in [4.69, 9.17) is 4.74 Å². The second kappa shape index (κ2) is 4.14. The molecular formula is C12H13NO2S. The van der Waals surface area contributed by atoms with Gasteiger partial charge >= 0.3 is 0 Å². The number of thiophene rings is 1. The molecule has 0 radical (unpaired) electrons. The van der Waals surface area contributed by atoms with Crippen LogP contribution in [-0.2, 0) is 0 Å². The Hall–Kier alpha value is -1.55. The topological polar surface area (TPSA) is 38.3 Å². The fourth-order valence-corrected chi connectivity index (χ4v) is 2.82. The molecule has 2 aromatic rings. The highest BCUT2D eigenvalue weighted by molar-refractivity contribution is 7.19. The first kappa shape index (κ1) is 11.0. The van der Waals surface area contributed by atoms with Crippen LogP contribution in [0.15, 0.2) is 18.2 Å². The van der Waals surface area contributed by atoms with E-state index in [0.29, 0.717) is 0 Å². The Morgan fingerprint density at radius 1 is 1.44 bits per heavy atom. The molecule has 1 aromatic carbocycles. The number of nitrogens with one attached hydrogen (secondary N) is 1. The van der Waals surface area contributed by atoms with Crippen LogP contribution in [0.25, 0.3) is 10.1 Å². The maximum atomic E-state index is 11.7. The highest BCUT2D eigenvalue weighted by Crippen LogP contribution is 2.33. The van der Waals surface area contributed by atoms with Crippen molar-refractivity contribution in [2.75, 3.05) is 14.2 Å². The van der Waals surface area contributed by atoms with Crippen molar-refractivity contribution in [1.29, 1.82) is 0 Å². The van der Waals surface area contributed by atoms with Gasteiger partial charge in [0.25, 0.3) is 5.91 Å². The van der Waals surface area contributed by atoms with Gasteiger partial charge in [-0.15, -0.1) is 11.3 Å². The maximum Gasteiger partial charge on any atom is 0.252 e. The van der Waals surface area contributed by atoms with Crippen molar-refractivity contribution in [3.05, 3.63) is 28.6 Å². The number of benzene rings is 1. The Labute approximate surface area is 98.0 Å². The SMILES string of the molecule is CNC(=O)c1c(C)sc2cc(OC)ccc12. The van der Waals surface area contributed by atoms with Crippen molar-refractivity contribution in [1.82, 2.24) is 5.32 Å². The summed E-state index contributed by atoms with van der Waals surface area (Å²) in [6, 6.07) is 5.77. The molecule has 4 heteroatoms. The first-order valence-electron chi connectivity index (χ1n) is 4.96. The Kier molecular flexibility index (Phi) is 2.83. The molecule has 0 bridgehead atoms. The van der Waals surface area contributed by atoms with Gasteiger partial charge in [-0.3, -0.25) is 4.79 Å². The standard InChI is InChI=1S/C12H13NO2S/c1-7-11(12(14)13-2)9-5-4-8(15-3)6-10(9)16-7/h4-6H,1-3H3,(H,13,14). The lowest BCUT2D eigenvalue weighted by molar-refractivity contribution is 0.0964. The number of fused-ring (bicyclic) bond motifs is 1. The van der Waals surface area contributed by atoms with Gasteiger partial charge in [0.05, 0.1) is 12.7 Å². The first-order chi connectivity index (χ1) is 7.67. The van der Waals surface area contributed by atoms with Crippen LogP contribution in [0.2, 0.25) is 0 Å². The van der Waals surface area contributed by atoms with Crippen LogP contribution in [0.1, 0.15) is 15.2 Å². The van der Waals surface area contributed by atoms with Gasteiger partial charge in [-0.25, -0.2) is 0 Å². The summed E-state index contributed by atoms with van der Waals surface area (Å²) in [5, 5.41) is 3.65. The molecule has 0 aliphatic carbocycles. The molecule has 16 heavy (non-hydrogen) atoms. The molecule has 0 atom stereocenters. The summed E-state index contributed by atoms with van der Waals surface area (Å²) in [6.45, 7) is 1.96. The van der Waals surface area contributed by atoms with E-state index in [0.717, 1.165) is 26.3 Å². The zero-order chi connectivity index (χ0) is 11.7. The zero-order valence-corrected chi connectivity index (χ0v) is 10.3. The highest BCUT2D eigenvalue weighted by atomic mass is 32.1. The Morgan fingerprint density at radius 3 is 2.81 bits per heavy atom. The Bertz CT molecular complexity index is 545. The van der Waals surface area contributed by atoms with E-state index in [-0.39, 0.29) is 5.91 Å². The second-order valence-electron chi connectivity index (χ2n) is 3.47. The lowest BCUT2D eigenvalue weighted by atomic mass is 10.1. The van der Waals surface area contributed by atoms with Gasteiger partial charge in [0.2, 0.25) is 0 Å². The van der Waals surface area contributed by atoms with Crippen LogP contribution in [0, 0.1) is 6.92 Å². The van der Waals surface area contributed by atoms with Gasteiger partial charge in [0.1, 0.15) is 5.75 Å². The van der Waals surface area contributed by atoms with Gasteiger partial charge in [-0.2, -0.15) is 0 Å². The molecule has 1 aromatic heterocycles. The fraction of sp³-hybridized carbons (Fsp3) is 0.250. The Morgan fingerprint density at radius 2 is 2.19 bits per heavy atom. The van der Waals surface area contributed by atoms with Crippen molar-refractivity contribution in [2.45, 2.75) is 6.92 Å². The minimum Gasteiger partial charge on any atom is -0.497 e. The minimum absolute atomic E-state index is 0.0334. The molecule has 1 N–H and O–H groups in total. The molecule has 0 spiro atoms. The molecule has 2 rings (SSSR count). The molecule has 0 fully saturated rings. The monoisotopic (exact) mass is 235 g/mol. The third kappa shape index (κ3) is 1.65. The van der Waals surface area contributed by atoms with E-state index in [2.05, 4.69) is 5.32 Å². The molecule has 84 valence electrons. The van der Waals surface area contributed by atoms with Gasteiger partial charge in [-0.1, -0.05) is 0 Å². The molecule has 1 heterocycles. The van der Waals surface area contributed by atoms with E-state index in [9.17, 15) is 4.79 Å². The number of hydrogen-bond donors (Lipinski definition) is 1. The predicted molar refractivity (Wildman–Crippen MR) is 66.5 cm³/mol. The molecule has 1 amide bonds. The third-order valence-corrected chi connectivity index (χ3v) is 3.60. The fourth-order valence-electron chi connectivity index (χ4n) is 1.73. The van der Waals surface area contributed by atoms with Gasteiger partial charge in [0, 0.05) is 22.0 Å². The predicted octanol–water partition coefficient (Wildman–Crippen LogP) is 2.58. The van der Waals surface area contributed by atoms with E-state index in [1.165, 1.54) is 0 Å². The number of rotatable bonds is 2. The summed E-state index contributed by atoms with van der Waals surface area (Å²) >= 11 is 1.61. The number of methoxy groups -OCH3 is 1. The van der Waals surface area contributed by atoms with Crippen LogP contribution in [0.5, 0.6) is 5.75 Å². The Balaban J connectivity index is 2.66. The van der Waals surface area contributed by atoms with Crippen LogP contribution >= 0.6 is 11.3 Å². The maximum absolute atomic E-state index is 11.7. The van der Waals surface area contributed by atoms with E-state index >= 15 is 0 Å². The largest absolute Gasteiger partial charge is 0.497 e. The molecular weight excluding hydrogens is 222 g/mol. The molecule has 0 unspecified atom stereocenters.